The van der Waals surface area contributed by atoms with Crippen molar-refractivity contribution in [3.63, 3.8) is 0 Å². The van der Waals surface area contributed by atoms with Gasteiger partial charge in [0.15, 0.2) is 11.6 Å². The predicted octanol–water partition coefficient (Wildman–Crippen LogP) is 4.24. The van der Waals surface area contributed by atoms with Crippen LogP contribution in [-0.2, 0) is 30.1 Å². The third kappa shape index (κ3) is 4.66. The van der Waals surface area contributed by atoms with Gasteiger partial charge in [0.1, 0.15) is 11.6 Å². The molecular weight excluding hydrogens is 478 g/mol. The monoisotopic (exact) mass is 508 g/mol. The van der Waals surface area contributed by atoms with Crippen LogP contribution in [0.5, 0.6) is 0 Å². The average molecular weight is 509 g/mol. The lowest BCUT2D eigenvalue weighted by Gasteiger charge is -2.36. The standard InChI is InChI=1S/C25H30F2N2O5S/c1-23(2)24(3,4)34-25(33-23,17-8-6-7-15(11-17)14-9-10-14)20(22(28)30)16-12-18(26)21(19(27)13-16)29-35(5,31)32/h6-8,11-14,20,29H,9-10H2,1-5H3,(H2,28,30). The van der Waals surface area contributed by atoms with Crippen LogP contribution in [0.2, 0.25) is 0 Å². The largest absolute Gasteiger partial charge is 0.369 e. The van der Waals surface area contributed by atoms with E-state index in [-0.39, 0.29) is 5.56 Å². The zero-order valence-corrected chi connectivity index (χ0v) is 21.1. The summed E-state index contributed by atoms with van der Waals surface area (Å²) < 4.78 is 67.8. The van der Waals surface area contributed by atoms with Crippen LogP contribution in [0.4, 0.5) is 14.5 Å². The lowest BCUT2D eigenvalue weighted by Crippen LogP contribution is -2.43. The number of nitrogens with two attached hydrogens (primary N) is 1. The van der Waals surface area contributed by atoms with Crippen LogP contribution in [0, 0.1) is 11.6 Å². The number of amides is 1. The number of hydrogen-bond donors (Lipinski definition) is 2. The molecule has 2 aromatic rings. The van der Waals surface area contributed by atoms with Crippen molar-refractivity contribution in [3.8, 4) is 0 Å². The summed E-state index contributed by atoms with van der Waals surface area (Å²) >= 11 is 0. The number of rotatable bonds is 7. The topological polar surface area (TPSA) is 108 Å². The SMILES string of the molecule is CC1(C)OC(c2cccc(C3CC3)c2)(C(C(N)=O)c2cc(F)c(NS(C)(=O)=O)c(F)c2)OC1(C)C. The van der Waals surface area contributed by atoms with E-state index in [1.165, 1.54) is 0 Å². The van der Waals surface area contributed by atoms with Gasteiger partial charge in [-0.1, -0.05) is 24.3 Å². The second-order valence-electron chi connectivity index (χ2n) is 10.4. The number of carbonyl (C=O) groups is 1. The molecule has 1 amide bonds. The lowest BCUT2D eigenvalue weighted by atomic mass is 9.83. The Bertz CT molecular complexity index is 1250. The summed E-state index contributed by atoms with van der Waals surface area (Å²) in [6.07, 6.45) is 2.86. The highest BCUT2D eigenvalue weighted by molar-refractivity contribution is 7.92. The summed E-state index contributed by atoms with van der Waals surface area (Å²) in [5.41, 5.74) is 4.58. The minimum atomic E-state index is -3.95. The van der Waals surface area contributed by atoms with Crippen molar-refractivity contribution in [2.24, 2.45) is 5.73 Å². The van der Waals surface area contributed by atoms with Crippen LogP contribution >= 0.6 is 0 Å². The number of carbonyl (C=O) groups excluding carboxylic acids is 1. The van der Waals surface area contributed by atoms with Gasteiger partial charge < -0.3 is 15.2 Å². The molecule has 3 N–H and O–H groups in total. The van der Waals surface area contributed by atoms with Gasteiger partial charge >= 0.3 is 0 Å². The van der Waals surface area contributed by atoms with E-state index in [1.807, 2.05) is 22.9 Å². The van der Waals surface area contributed by atoms with Crippen molar-refractivity contribution >= 4 is 21.6 Å². The molecule has 0 aromatic heterocycles. The number of hydrogen-bond acceptors (Lipinski definition) is 5. The Hall–Kier alpha value is -2.56. The van der Waals surface area contributed by atoms with E-state index >= 15 is 0 Å². The van der Waals surface area contributed by atoms with Gasteiger partial charge in [0.2, 0.25) is 21.7 Å². The summed E-state index contributed by atoms with van der Waals surface area (Å²) in [6.45, 7) is 7.21. The highest BCUT2D eigenvalue weighted by Gasteiger charge is 2.63. The second kappa shape index (κ2) is 8.25. The smallest absolute Gasteiger partial charge is 0.230 e. The van der Waals surface area contributed by atoms with Crippen molar-refractivity contribution in [2.75, 3.05) is 11.0 Å². The third-order valence-electron chi connectivity index (χ3n) is 6.95. The first-order valence-corrected chi connectivity index (χ1v) is 13.2. The summed E-state index contributed by atoms with van der Waals surface area (Å²) in [5.74, 6) is -6.16. The molecule has 1 saturated heterocycles. The minimum absolute atomic E-state index is 0.142. The zero-order chi connectivity index (χ0) is 26.0. The van der Waals surface area contributed by atoms with Crippen LogP contribution in [0.1, 0.15) is 69.1 Å². The molecule has 0 bridgehead atoms. The summed E-state index contributed by atoms with van der Waals surface area (Å²) in [5, 5.41) is 0. The number of primary amides is 1. The molecule has 7 nitrogen and oxygen atoms in total. The van der Waals surface area contributed by atoms with Crippen LogP contribution in [0.3, 0.4) is 0 Å². The number of sulfonamides is 1. The van der Waals surface area contributed by atoms with Gasteiger partial charge in [-0.15, -0.1) is 0 Å². The van der Waals surface area contributed by atoms with E-state index < -0.39 is 56.2 Å². The van der Waals surface area contributed by atoms with Gasteiger partial charge in [0.25, 0.3) is 0 Å². The number of nitrogens with one attached hydrogen (secondary N) is 1. The fourth-order valence-corrected chi connectivity index (χ4v) is 5.03. The number of benzene rings is 2. The average Bonchev–Trinajstić information content (AvgIpc) is 3.52. The Kier molecular flexibility index (Phi) is 6.01. The van der Waals surface area contributed by atoms with Crippen molar-refractivity contribution < 1.29 is 31.5 Å². The van der Waals surface area contributed by atoms with Gasteiger partial charge in [-0.2, -0.15) is 0 Å². The second-order valence-corrected chi connectivity index (χ2v) is 12.1. The Morgan fingerprint density at radius 1 is 1.06 bits per heavy atom. The van der Waals surface area contributed by atoms with E-state index in [4.69, 9.17) is 15.2 Å². The first kappa shape index (κ1) is 25.5. The quantitative estimate of drug-likeness (QED) is 0.582. The molecule has 35 heavy (non-hydrogen) atoms. The molecule has 2 aliphatic rings. The molecule has 2 aromatic carbocycles. The summed E-state index contributed by atoms with van der Waals surface area (Å²) in [7, 11) is -3.95. The Labute approximate surface area is 204 Å². The Balaban J connectivity index is 1.92. The van der Waals surface area contributed by atoms with E-state index in [0.29, 0.717) is 11.5 Å². The van der Waals surface area contributed by atoms with Crippen molar-refractivity contribution in [1.29, 1.82) is 0 Å². The van der Waals surface area contributed by atoms with Gasteiger partial charge in [-0.25, -0.2) is 17.2 Å². The number of anilines is 1. The van der Waals surface area contributed by atoms with Crippen LogP contribution in [0.15, 0.2) is 36.4 Å². The number of ether oxygens (including phenoxy) is 2. The maximum absolute atomic E-state index is 15.0. The summed E-state index contributed by atoms with van der Waals surface area (Å²) in [6, 6.07) is 9.19. The van der Waals surface area contributed by atoms with Gasteiger partial charge in [0, 0.05) is 5.56 Å². The molecule has 4 rings (SSSR count). The molecule has 1 aliphatic carbocycles. The minimum Gasteiger partial charge on any atom is -0.369 e. The maximum atomic E-state index is 15.0. The van der Waals surface area contributed by atoms with E-state index in [9.17, 15) is 22.0 Å². The highest BCUT2D eigenvalue weighted by Crippen LogP contribution is 2.56. The van der Waals surface area contributed by atoms with Crippen molar-refractivity contribution in [2.45, 2.75) is 69.4 Å². The molecule has 190 valence electrons. The van der Waals surface area contributed by atoms with E-state index in [0.717, 1.165) is 36.8 Å². The third-order valence-corrected chi connectivity index (χ3v) is 7.53. The molecule has 2 fully saturated rings. The fraction of sp³-hybridized carbons (Fsp3) is 0.480. The first-order valence-electron chi connectivity index (χ1n) is 11.3. The number of halogens is 2. The molecule has 0 radical (unpaired) electrons. The van der Waals surface area contributed by atoms with Gasteiger partial charge in [0.05, 0.1) is 17.5 Å². The molecule has 0 spiro atoms. The molecule has 1 atom stereocenters. The molecule has 1 heterocycles. The van der Waals surface area contributed by atoms with E-state index in [2.05, 4.69) is 0 Å². The molecule has 1 unspecified atom stereocenters. The van der Waals surface area contributed by atoms with Crippen LogP contribution in [0.25, 0.3) is 0 Å². The van der Waals surface area contributed by atoms with Crippen LogP contribution < -0.4 is 10.5 Å². The molecule has 1 saturated carbocycles. The highest BCUT2D eigenvalue weighted by atomic mass is 32.2. The maximum Gasteiger partial charge on any atom is 0.230 e. The first-order chi connectivity index (χ1) is 16.1. The Morgan fingerprint density at radius 2 is 1.60 bits per heavy atom. The van der Waals surface area contributed by atoms with Crippen LogP contribution in [-0.4, -0.2) is 31.8 Å². The zero-order valence-electron chi connectivity index (χ0n) is 20.3. The van der Waals surface area contributed by atoms with Gasteiger partial charge in [-0.3, -0.25) is 9.52 Å². The summed E-state index contributed by atoms with van der Waals surface area (Å²) in [4.78, 5) is 13.0. The van der Waals surface area contributed by atoms with Crippen molar-refractivity contribution in [3.05, 3.63) is 64.7 Å². The Morgan fingerprint density at radius 3 is 2.06 bits per heavy atom. The normalized spacial score (nSPS) is 21.5. The predicted molar refractivity (Wildman–Crippen MR) is 127 cm³/mol. The molecular formula is C25H30F2N2O5S. The lowest BCUT2D eigenvalue weighted by molar-refractivity contribution is -0.216. The van der Waals surface area contributed by atoms with Crippen molar-refractivity contribution in [1.82, 2.24) is 0 Å². The van der Waals surface area contributed by atoms with E-state index in [1.54, 1.807) is 33.8 Å². The fourth-order valence-electron chi connectivity index (χ4n) is 4.47. The molecule has 10 heteroatoms. The molecule has 1 aliphatic heterocycles. The van der Waals surface area contributed by atoms with Gasteiger partial charge in [-0.05, 0) is 69.7 Å².